The van der Waals surface area contributed by atoms with Crippen LogP contribution < -0.4 is 5.32 Å². The van der Waals surface area contributed by atoms with Crippen LogP contribution in [0.15, 0.2) is 60.0 Å². The van der Waals surface area contributed by atoms with Gasteiger partial charge in [-0.05, 0) is 23.3 Å². The molecule has 0 aliphatic carbocycles. The lowest BCUT2D eigenvalue weighted by Crippen LogP contribution is -2.62. The summed E-state index contributed by atoms with van der Waals surface area (Å²) in [4.78, 5) is 52.7. The highest BCUT2D eigenvalue weighted by Crippen LogP contribution is 2.40. The zero-order chi connectivity index (χ0) is 38.8. The van der Waals surface area contributed by atoms with Gasteiger partial charge in [-0.25, -0.2) is 4.98 Å². The third kappa shape index (κ3) is 11.5. The largest absolute Gasteiger partial charge is 0.463 e. The number of thiocarbonyl (C=S) groups is 1. The molecule has 0 bridgehead atoms. The van der Waals surface area contributed by atoms with Gasteiger partial charge >= 0.3 is 23.9 Å². The minimum Gasteiger partial charge on any atom is -0.463 e. The number of esters is 4. The SMILES string of the molecule is CC(=O)OC[C@H]1O[C@@H](CC(=S)Nc2cccc(C3O[C@H](CSc4ncn[nH]4)C[C@H](c4ccc(CO)cc4)O3)c2)[C@H](OC(C)=O)[C@@H](OC(C)=O)[C@@H]1OC(C)=O. The number of hydrogen-bond donors (Lipinski definition) is 3. The summed E-state index contributed by atoms with van der Waals surface area (Å²) in [6.45, 7) is 4.29. The van der Waals surface area contributed by atoms with Gasteiger partial charge in [0, 0.05) is 57.5 Å². The number of aromatic amines is 1. The highest BCUT2D eigenvalue weighted by molar-refractivity contribution is 7.99. The van der Waals surface area contributed by atoms with Crippen molar-refractivity contribution in [2.45, 2.75) is 101 Å². The maximum atomic E-state index is 12.3. The van der Waals surface area contributed by atoms with Crippen LogP contribution in [0.5, 0.6) is 0 Å². The lowest BCUT2D eigenvalue weighted by Gasteiger charge is -2.44. The second-order valence-corrected chi connectivity index (χ2v) is 14.1. The van der Waals surface area contributed by atoms with Crippen LogP contribution in [0.4, 0.5) is 5.69 Å². The van der Waals surface area contributed by atoms with E-state index in [2.05, 4.69) is 20.5 Å². The van der Waals surface area contributed by atoms with E-state index in [1.165, 1.54) is 31.9 Å². The number of hydrogen-bond acceptors (Lipinski definition) is 16. The number of rotatable bonds is 14. The fraction of sp³-hybridized carbons (Fsp3) is 0.472. The molecule has 1 unspecified atom stereocenters. The summed E-state index contributed by atoms with van der Waals surface area (Å²) in [5, 5.41) is 20.2. The second kappa shape index (κ2) is 19.2. The minimum atomic E-state index is -1.30. The highest BCUT2D eigenvalue weighted by atomic mass is 32.2. The number of carbonyl (C=O) groups is 4. The third-order valence-corrected chi connectivity index (χ3v) is 9.61. The van der Waals surface area contributed by atoms with Crippen LogP contribution in [-0.2, 0) is 58.9 Å². The molecule has 0 saturated carbocycles. The molecule has 2 saturated heterocycles. The van der Waals surface area contributed by atoms with E-state index in [1.807, 2.05) is 42.5 Å². The van der Waals surface area contributed by atoms with Crippen LogP contribution in [0.3, 0.4) is 0 Å². The summed E-state index contributed by atoms with van der Waals surface area (Å²) in [5.41, 5.74) is 3.03. The van der Waals surface area contributed by atoms with Crippen LogP contribution >= 0.6 is 24.0 Å². The van der Waals surface area contributed by atoms with E-state index in [0.717, 1.165) is 25.0 Å². The molecule has 290 valence electrons. The Kier molecular flexibility index (Phi) is 14.5. The summed E-state index contributed by atoms with van der Waals surface area (Å²) < 4.78 is 40.9. The van der Waals surface area contributed by atoms with Gasteiger partial charge < -0.3 is 43.6 Å². The van der Waals surface area contributed by atoms with Crippen molar-refractivity contribution in [1.29, 1.82) is 0 Å². The van der Waals surface area contributed by atoms with Crippen molar-refractivity contribution in [3.8, 4) is 0 Å². The summed E-state index contributed by atoms with van der Waals surface area (Å²) in [7, 11) is 0. The van der Waals surface area contributed by atoms with Gasteiger partial charge in [0.25, 0.3) is 0 Å². The van der Waals surface area contributed by atoms with Crippen LogP contribution in [0.2, 0.25) is 0 Å². The van der Waals surface area contributed by atoms with Crippen molar-refractivity contribution >= 4 is 58.5 Å². The van der Waals surface area contributed by atoms with Gasteiger partial charge in [0.2, 0.25) is 0 Å². The molecule has 5 rings (SSSR count). The average Bonchev–Trinajstić information content (AvgIpc) is 3.66. The van der Waals surface area contributed by atoms with Crippen LogP contribution in [-0.4, -0.2) is 98.1 Å². The first kappa shape index (κ1) is 40.7. The number of nitrogens with zero attached hydrogens (tertiary/aromatic N) is 2. The smallest absolute Gasteiger partial charge is 0.303 e. The number of aliphatic hydroxyl groups excluding tert-OH is 1. The summed E-state index contributed by atoms with van der Waals surface area (Å²) >= 11 is 7.23. The molecule has 2 aliphatic heterocycles. The van der Waals surface area contributed by atoms with Crippen molar-refractivity contribution in [2.24, 2.45) is 0 Å². The van der Waals surface area contributed by atoms with Crippen molar-refractivity contribution in [2.75, 3.05) is 17.7 Å². The van der Waals surface area contributed by atoms with Gasteiger partial charge in [0.05, 0.1) is 23.8 Å². The quantitative estimate of drug-likeness (QED) is 0.0917. The van der Waals surface area contributed by atoms with Gasteiger partial charge in [-0.15, -0.1) is 0 Å². The highest BCUT2D eigenvalue weighted by Gasteiger charge is 2.52. The number of nitrogens with one attached hydrogen (secondary N) is 2. The van der Waals surface area contributed by atoms with Crippen molar-refractivity contribution < 1.29 is 57.4 Å². The number of benzene rings is 2. The lowest BCUT2D eigenvalue weighted by molar-refractivity contribution is -0.251. The van der Waals surface area contributed by atoms with E-state index in [1.54, 1.807) is 6.07 Å². The normalized spacial score (nSPS) is 25.2. The molecule has 2 aromatic carbocycles. The molecule has 18 heteroatoms. The molecule has 2 fully saturated rings. The fourth-order valence-corrected chi connectivity index (χ4v) is 7.18. The Hall–Kier alpha value is -4.46. The first-order chi connectivity index (χ1) is 25.9. The van der Waals surface area contributed by atoms with Crippen molar-refractivity contribution in [1.82, 2.24) is 15.2 Å². The topological polar surface area (TPSA) is 207 Å². The Bertz CT molecular complexity index is 1760. The van der Waals surface area contributed by atoms with Crippen LogP contribution in [0.1, 0.15) is 69.6 Å². The summed E-state index contributed by atoms with van der Waals surface area (Å²) in [6.07, 6.45) is -5.21. The number of ether oxygens (including phenoxy) is 7. The molecule has 3 N–H and O–H groups in total. The Morgan fingerprint density at radius 2 is 1.57 bits per heavy atom. The molecule has 0 spiro atoms. The van der Waals surface area contributed by atoms with Crippen LogP contribution in [0.25, 0.3) is 0 Å². The number of aliphatic hydroxyl groups is 1. The lowest BCUT2D eigenvalue weighted by atomic mass is 9.92. The van der Waals surface area contributed by atoms with E-state index >= 15 is 0 Å². The summed E-state index contributed by atoms with van der Waals surface area (Å²) in [6, 6.07) is 14.9. The number of anilines is 1. The zero-order valence-electron chi connectivity index (χ0n) is 30.0. The molecule has 1 aromatic heterocycles. The number of aromatic nitrogens is 3. The van der Waals surface area contributed by atoms with E-state index < -0.39 is 60.7 Å². The first-order valence-corrected chi connectivity index (χ1v) is 18.5. The Labute approximate surface area is 320 Å². The van der Waals surface area contributed by atoms with Gasteiger partial charge in [-0.2, -0.15) is 5.10 Å². The van der Waals surface area contributed by atoms with E-state index in [0.29, 0.717) is 28.6 Å². The van der Waals surface area contributed by atoms with Gasteiger partial charge in [0.15, 0.2) is 29.8 Å². The molecule has 16 nitrogen and oxygen atoms in total. The van der Waals surface area contributed by atoms with Crippen molar-refractivity contribution in [3.05, 3.63) is 71.5 Å². The molecule has 2 aliphatic rings. The van der Waals surface area contributed by atoms with Gasteiger partial charge in [0.1, 0.15) is 25.1 Å². The molecular formula is C36H42N4O12S2. The van der Waals surface area contributed by atoms with Gasteiger partial charge in [-0.1, -0.05) is 60.4 Å². The Morgan fingerprint density at radius 3 is 2.20 bits per heavy atom. The predicted molar refractivity (Wildman–Crippen MR) is 195 cm³/mol. The summed E-state index contributed by atoms with van der Waals surface area (Å²) in [5.74, 6) is -2.18. The fourth-order valence-electron chi connectivity index (χ4n) is 6.10. The maximum Gasteiger partial charge on any atom is 0.303 e. The zero-order valence-corrected chi connectivity index (χ0v) is 31.6. The molecule has 8 atom stereocenters. The van der Waals surface area contributed by atoms with E-state index in [9.17, 15) is 24.3 Å². The molecule has 3 aromatic rings. The standard InChI is InChI=1S/C36H42N4O12S2/c1-19(42)46-16-30-33(48-21(3)44)34(49-22(4)45)32(47-20(2)43)29(51-30)14-31(53)39-26-7-5-6-25(12-26)35-50-27(17-54-36-37-18-38-40-36)13-28(52-35)24-10-8-23(15-41)9-11-24/h5-12,18,27-30,32-35,41H,13-17H2,1-4H3,(H,39,53)(H,37,38,40)/t27-,28+,29-,30+,32-,33+,34+,35?/m0/s1. The molecule has 0 amide bonds. The third-order valence-electron chi connectivity index (χ3n) is 8.33. The minimum absolute atomic E-state index is 0.0398. The molecular weight excluding hydrogens is 745 g/mol. The number of carbonyl (C=O) groups excluding carboxylic acids is 4. The average molecular weight is 787 g/mol. The van der Waals surface area contributed by atoms with Crippen molar-refractivity contribution in [3.63, 3.8) is 0 Å². The molecule has 54 heavy (non-hydrogen) atoms. The van der Waals surface area contributed by atoms with Crippen LogP contribution in [0, 0.1) is 0 Å². The number of H-pyrrole nitrogens is 1. The Morgan fingerprint density at radius 1 is 0.889 bits per heavy atom. The molecule has 0 radical (unpaired) electrons. The monoisotopic (exact) mass is 786 g/mol. The van der Waals surface area contributed by atoms with Gasteiger partial charge in [-0.3, -0.25) is 24.3 Å². The predicted octanol–water partition coefficient (Wildman–Crippen LogP) is 3.89. The maximum absolute atomic E-state index is 12.3. The second-order valence-electron chi connectivity index (χ2n) is 12.6. The number of thioether (sulfide) groups is 1. The first-order valence-electron chi connectivity index (χ1n) is 17.1. The van der Waals surface area contributed by atoms with E-state index in [4.69, 9.17) is 45.4 Å². The Balaban J connectivity index is 1.34. The molecule has 3 heterocycles. The van der Waals surface area contributed by atoms with E-state index in [-0.39, 0.29) is 36.8 Å².